The average molecular weight is 376 g/mol. The molecular weight excluding hydrogens is 349 g/mol. The van der Waals surface area contributed by atoms with Gasteiger partial charge in [-0.3, -0.25) is 4.90 Å². The molecule has 0 unspecified atom stereocenters. The van der Waals surface area contributed by atoms with E-state index in [2.05, 4.69) is 24.1 Å². The lowest BCUT2D eigenvalue weighted by Crippen LogP contribution is -2.49. The number of rotatable bonds is 6. The molecule has 0 spiro atoms. The van der Waals surface area contributed by atoms with Gasteiger partial charge in [-0.25, -0.2) is 0 Å². The van der Waals surface area contributed by atoms with E-state index >= 15 is 0 Å². The zero-order chi connectivity index (χ0) is 19.5. The average Bonchev–Trinajstić information content (AvgIpc) is 3.17. The minimum Gasteiger partial charge on any atom is -0.311 e. The van der Waals surface area contributed by atoms with E-state index in [1.807, 2.05) is 24.3 Å². The van der Waals surface area contributed by atoms with E-state index in [0.29, 0.717) is 0 Å². The molecule has 0 saturated carbocycles. The van der Waals surface area contributed by atoms with Crippen LogP contribution in [0, 0.1) is 0 Å². The number of benzene rings is 2. The summed E-state index contributed by atoms with van der Waals surface area (Å²) in [5, 5.41) is 3.54. The first-order chi connectivity index (χ1) is 12.8. The lowest BCUT2D eigenvalue weighted by molar-refractivity contribution is -0.137. The molecule has 2 aromatic carbocycles. The molecule has 1 aliphatic rings. The first-order valence-corrected chi connectivity index (χ1v) is 9.48. The quantitative estimate of drug-likeness (QED) is 0.732. The van der Waals surface area contributed by atoms with Crippen molar-refractivity contribution >= 4 is 0 Å². The van der Waals surface area contributed by atoms with Crippen LogP contribution in [0.1, 0.15) is 37.8 Å². The second kappa shape index (κ2) is 8.03. The van der Waals surface area contributed by atoms with Crippen LogP contribution in [-0.2, 0) is 12.7 Å². The number of nitrogens with zero attached hydrogens (tertiary/aromatic N) is 1. The van der Waals surface area contributed by atoms with Gasteiger partial charge >= 0.3 is 6.18 Å². The fraction of sp³-hybridized carbons (Fsp3) is 0.455. The van der Waals surface area contributed by atoms with Gasteiger partial charge in [0.2, 0.25) is 0 Å². The van der Waals surface area contributed by atoms with Crippen molar-refractivity contribution in [2.75, 3.05) is 19.6 Å². The Morgan fingerprint density at radius 3 is 1.89 bits per heavy atom. The summed E-state index contributed by atoms with van der Waals surface area (Å²) in [5.74, 6) is 0. The van der Waals surface area contributed by atoms with E-state index in [0.717, 1.165) is 36.3 Å². The summed E-state index contributed by atoms with van der Waals surface area (Å²) in [5.41, 5.74) is 2.41. The first-order valence-electron chi connectivity index (χ1n) is 9.48. The van der Waals surface area contributed by atoms with Crippen LogP contribution in [0.25, 0.3) is 11.1 Å². The summed E-state index contributed by atoms with van der Waals surface area (Å²) in [6.07, 6.45) is -1.72. The number of likely N-dealkylation sites (tertiary alicyclic amines) is 1. The van der Waals surface area contributed by atoms with E-state index < -0.39 is 11.7 Å². The molecule has 0 amide bonds. The molecule has 3 rings (SSSR count). The molecule has 1 saturated heterocycles. The highest BCUT2D eigenvalue weighted by atomic mass is 19.4. The summed E-state index contributed by atoms with van der Waals surface area (Å²) in [6.45, 7) is 8.61. The van der Waals surface area contributed by atoms with Crippen LogP contribution in [0.3, 0.4) is 0 Å². The van der Waals surface area contributed by atoms with Gasteiger partial charge in [-0.2, -0.15) is 13.2 Å². The first kappa shape index (κ1) is 19.9. The normalized spacial score (nSPS) is 16.0. The van der Waals surface area contributed by atoms with E-state index in [4.69, 9.17) is 0 Å². The van der Waals surface area contributed by atoms with Gasteiger partial charge in [0.05, 0.1) is 5.56 Å². The van der Waals surface area contributed by atoms with Crippen molar-refractivity contribution in [1.82, 2.24) is 10.2 Å². The fourth-order valence-corrected chi connectivity index (χ4v) is 3.61. The predicted octanol–water partition coefficient (Wildman–Crippen LogP) is 5.34. The molecule has 0 atom stereocenters. The molecule has 2 nitrogen and oxygen atoms in total. The molecule has 1 N–H and O–H groups in total. The SMILES string of the molecule is CC(C)(CNCc1ccc(-c2ccc(C(F)(F)F)cc2)cc1)N1CCCC1. The van der Waals surface area contributed by atoms with Crippen LogP contribution in [0.15, 0.2) is 48.5 Å². The maximum atomic E-state index is 12.7. The molecule has 1 heterocycles. The lowest BCUT2D eigenvalue weighted by atomic mass is 10.0. The topological polar surface area (TPSA) is 15.3 Å². The third kappa shape index (κ3) is 5.11. The van der Waals surface area contributed by atoms with Gasteiger partial charge in [-0.05, 0) is 68.6 Å². The van der Waals surface area contributed by atoms with Crippen LogP contribution in [0.4, 0.5) is 13.2 Å². The molecule has 0 radical (unpaired) electrons. The van der Waals surface area contributed by atoms with Gasteiger partial charge in [0.15, 0.2) is 0 Å². The van der Waals surface area contributed by atoms with Crippen LogP contribution in [-0.4, -0.2) is 30.1 Å². The number of hydrogen-bond acceptors (Lipinski definition) is 2. The molecule has 0 aromatic heterocycles. The zero-order valence-corrected chi connectivity index (χ0v) is 15.9. The van der Waals surface area contributed by atoms with Gasteiger partial charge in [0.25, 0.3) is 0 Å². The molecule has 146 valence electrons. The van der Waals surface area contributed by atoms with Crippen molar-refractivity contribution in [3.63, 3.8) is 0 Å². The standard InChI is InChI=1S/C22H27F3N2/c1-21(2,27-13-3-4-14-27)16-26-15-17-5-7-18(8-6-17)19-9-11-20(12-10-19)22(23,24)25/h5-12,26H,3-4,13-16H2,1-2H3. The minimum atomic E-state index is -4.29. The highest BCUT2D eigenvalue weighted by molar-refractivity contribution is 5.64. The van der Waals surface area contributed by atoms with E-state index in [9.17, 15) is 13.2 Å². The summed E-state index contributed by atoms with van der Waals surface area (Å²) in [7, 11) is 0. The Bertz CT molecular complexity index is 728. The van der Waals surface area contributed by atoms with Gasteiger partial charge in [0.1, 0.15) is 0 Å². The van der Waals surface area contributed by atoms with E-state index in [-0.39, 0.29) is 5.54 Å². The molecule has 2 aromatic rings. The third-order valence-electron chi connectivity index (χ3n) is 5.35. The highest BCUT2D eigenvalue weighted by Crippen LogP contribution is 2.31. The Morgan fingerprint density at radius 1 is 0.852 bits per heavy atom. The smallest absolute Gasteiger partial charge is 0.311 e. The van der Waals surface area contributed by atoms with Gasteiger partial charge in [-0.15, -0.1) is 0 Å². The van der Waals surface area contributed by atoms with E-state index in [1.54, 1.807) is 0 Å². The number of alkyl halides is 3. The zero-order valence-electron chi connectivity index (χ0n) is 15.9. The second-order valence-corrected chi connectivity index (χ2v) is 7.88. The number of halogens is 3. The Kier molecular flexibility index (Phi) is 5.92. The summed E-state index contributed by atoms with van der Waals surface area (Å²) >= 11 is 0. The minimum absolute atomic E-state index is 0.149. The van der Waals surface area contributed by atoms with Crippen LogP contribution in [0.5, 0.6) is 0 Å². The lowest BCUT2D eigenvalue weighted by Gasteiger charge is -2.35. The van der Waals surface area contributed by atoms with Crippen LogP contribution >= 0.6 is 0 Å². The van der Waals surface area contributed by atoms with E-state index in [1.165, 1.54) is 43.6 Å². The number of hydrogen-bond donors (Lipinski definition) is 1. The Labute approximate surface area is 159 Å². The Morgan fingerprint density at radius 2 is 1.37 bits per heavy atom. The molecule has 1 fully saturated rings. The monoisotopic (exact) mass is 376 g/mol. The van der Waals surface area contributed by atoms with Crippen molar-refractivity contribution in [3.8, 4) is 11.1 Å². The van der Waals surface area contributed by atoms with Crippen molar-refractivity contribution in [2.24, 2.45) is 0 Å². The molecule has 1 aliphatic heterocycles. The van der Waals surface area contributed by atoms with Crippen molar-refractivity contribution < 1.29 is 13.2 Å². The number of nitrogens with one attached hydrogen (secondary N) is 1. The van der Waals surface area contributed by atoms with Crippen molar-refractivity contribution in [2.45, 2.75) is 44.9 Å². The third-order valence-corrected chi connectivity index (χ3v) is 5.35. The molecular formula is C22H27F3N2. The van der Waals surface area contributed by atoms with Crippen LogP contribution < -0.4 is 5.32 Å². The molecule has 0 aliphatic carbocycles. The predicted molar refractivity (Wildman–Crippen MR) is 103 cm³/mol. The van der Waals surface area contributed by atoms with Gasteiger partial charge in [-0.1, -0.05) is 36.4 Å². The van der Waals surface area contributed by atoms with Gasteiger partial charge < -0.3 is 5.32 Å². The summed E-state index contributed by atoms with van der Waals surface area (Å²) < 4.78 is 38.0. The highest BCUT2D eigenvalue weighted by Gasteiger charge is 2.30. The molecule has 0 bridgehead atoms. The maximum absolute atomic E-state index is 12.7. The van der Waals surface area contributed by atoms with Crippen LogP contribution in [0.2, 0.25) is 0 Å². The summed E-state index contributed by atoms with van der Waals surface area (Å²) in [4.78, 5) is 2.54. The Hall–Kier alpha value is -1.85. The molecule has 27 heavy (non-hydrogen) atoms. The fourth-order valence-electron chi connectivity index (χ4n) is 3.61. The second-order valence-electron chi connectivity index (χ2n) is 7.88. The Balaban J connectivity index is 1.55. The molecule has 5 heteroatoms. The van der Waals surface area contributed by atoms with Crippen molar-refractivity contribution in [1.29, 1.82) is 0 Å². The summed E-state index contributed by atoms with van der Waals surface area (Å²) in [6, 6.07) is 13.3. The van der Waals surface area contributed by atoms with Crippen molar-refractivity contribution in [3.05, 3.63) is 59.7 Å². The largest absolute Gasteiger partial charge is 0.416 e. The van der Waals surface area contributed by atoms with Gasteiger partial charge in [0, 0.05) is 18.6 Å². The maximum Gasteiger partial charge on any atom is 0.416 e.